The van der Waals surface area contributed by atoms with Gasteiger partial charge < -0.3 is 4.52 Å². The number of sulfonamides is 1. The second-order valence-corrected chi connectivity index (χ2v) is 7.22. The van der Waals surface area contributed by atoms with Gasteiger partial charge in [0.1, 0.15) is 10.6 Å². The standard InChI is InChI=1S/C15H18N2O3S/c1-10-15(12(3)20-16-10)21(18,19)17-9-8-13-6-4-5-7-14(13)11(17)2/h4-7,11H,8-9H2,1-3H3. The van der Waals surface area contributed by atoms with Crippen LogP contribution in [0.2, 0.25) is 0 Å². The summed E-state index contributed by atoms with van der Waals surface area (Å²) in [6, 6.07) is 7.81. The van der Waals surface area contributed by atoms with E-state index < -0.39 is 10.0 Å². The predicted octanol–water partition coefficient (Wildman–Crippen LogP) is 2.60. The minimum Gasteiger partial charge on any atom is -0.360 e. The Kier molecular flexibility index (Phi) is 3.37. The summed E-state index contributed by atoms with van der Waals surface area (Å²) in [5.74, 6) is 0.346. The van der Waals surface area contributed by atoms with Crippen LogP contribution in [0, 0.1) is 13.8 Å². The molecule has 0 fully saturated rings. The summed E-state index contributed by atoms with van der Waals surface area (Å²) in [6.45, 7) is 5.69. The fourth-order valence-electron chi connectivity index (χ4n) is 3.04. The Labute approximate surface area is 124 Å². The van der Waals surface area contributed by atoms with E-state index in [0.29, 0.717) is 18.0 Å². The highest BCUT2D eigenvalue weighted by Crippen LogP contribution is 2.35. The van der Waals surface area contributed by atoms with Gasteiger partial charge in [-0.1, -0.05) is 29.4 Å². The van der Waals surface area contributed by atoms with Crippen LogP contribution in [0.25, 0.3) is 0 Å². The van der Waals surface area contributed by atoms with Gasteiger partial charge in [-0.05, 0) is 38.3 Å². The number of nitrogens with zero attached hydrogens (tertiary/aromatic N) is 2. The Bertz CT molecular complexity index is 760. The monoisotopic (exact) mass is 306 g/mol. The maximum absolute atomic E-state index is 12.9. The lowest BCUT2D eigenvalue weighted by Gasteiger charge is -2.34. The largest absolute Gasteiger partial charge is 0.360 e. The topological polar surface area (TPSA) is 63.4 Å². The van der Waals surface area contributed by atoms with Gasteiger partial charge in [-0.25, -0.2) is 8.42 Å². The normalized spacial score (nSPS) is 19.5. The molecule has 0 amide bonds. The molecule has 0 bridgehead atoms. The smallest absolute Gasteiger partial charge is 0.249 e. The number of hydrogen-bond donors (Lipinski definition) is 0. The van der Waals surface area contributed by atoms with Gasteiger partial charge in [0, 0.05) is 12.6 Å². The van der Waals surface area contributed by atoms with E-state index in [4.69, 9.17) is 4.52 Å². The first-order chi connectivity index (χ1) is 9.93. The zero-order valence-electron chi connectivity index (χ0n) is 12.3. The first kappa shape index (κ1) is 14.3. The molecule has 0 saturated carbocycles. The summed E-state index contributed by atoms with van der Waals surface area (Å²) in [6.07, 6.45) is 0.725. The summed E-state index contributed by atoms with van der Waals surface area (Å²) >= 11 is 0. The second-order valence-electron chi connectivity index (χ2n) is 5.39. The molecule has 1 aromatic carbocycles. The van der Waals surface area contributed by atoms with Crippen molar-refractivity contribution in [2.75, 3.05) is 6.54 Å². The van der Waals surface area contributed by atoms with Gasteiger partial charge in [0.2, 0.25) is 10.0 Å². The molecule has 0 aliphatic carbocycles. The lowest BCUT2D eigenvalue weighted by molar-refractivity contribution is 0.325. The zero-order valence-corrected chi connectivity index (χ0v) is 13.1. The lowest BCUT2D eigenvalue weighted by Crippen LogP contribution is -2.39. The Balaban J connectivity index is 2.06. The van der Waals surface area contributed by atoms with Crippen molar-refractivity contribution in [3.63, 3.8) is 0 Å². The Morgan fingerprint density at radius 3 is 2.67 bits per heavy atom. The van der Waals surface area contributed by atoms with Gasteiger partial charge in [0.05, 0.1) is 0 Å². The molecule has 0 N–H and O–H groups in total. The molecule has 112 valence electrons. The van der Waals surface area contributed by atoms with Crippen LogP contribution in [0.1, 0.15) is 35.5 Å². The second kappa shape index (κ2) is 4.96. The van der Waals surface area contributed by atoms with Crippen LogP contribution in [0.5, 0.6) is 0 Å². The lowest BCUT2D eigenvalue weighted by atomic mass is 9.96. The van der Waals surface area contributed by atoms with E-state index in [1.54, 1.807) is 18.2 Å². The van der Waals surface area contributed by atoms with Gasteiger partial charge >= 0.3 is 0 Å². The maximum Gasteiger partial charge on any atom is 0.249 e. The van der Waals surface area contributed by atoms with Crippen molar-refractivity contribution in [3.05, 3.63) is 46.8 Å². The summed E-state index contributed by atoms with van der Waals surface area (Å²) < 4.78 is 32.4. The minimum atomic E-state index is -3.59. The van der Waals surface area contributed by atoms with E-state index in [0.717, 1.165) is 12.0 Å². The highest BCUT2D eigenvalue weighted by atomic mass is 32.2. The molecule has 21 heavy (non-hydrogen) atoms. The fourth-order valence-corrected chi connectivity index (χ4v) is 4.94. The van der Waals surface area contributed by atoms with Gasteiger partial charge in [-0.2, -0.15) is 4.31 Å². The molecule has 6 heteroatoms. The Morgan fingerprint density at radius 1 is 1.29 bits per heavy atom. The SMILES string of the molecule is Cc1noc(C)c1S(=O)(=O)N1CCc2ccccc2C1C. The molecule has 1 aliphatic heterocycles. The van der Waals surface area contributed by atoms with E-state index in [2.05, 4.69) is 11.2 Å². The maximum atomic E-state index is 12.9. The Morgan fingerprint density at radius 2 is 2.00 bits per heavy atom. The third kappa shape index (κ3) is 2.18. The van der Waals surface area contributed by atoms with E-state index in [9.17, 15) is 8.42 Å². The highest BCUT2D eigenvalue weighted by Gasteiger charge is 2.37. The van der Waals surface area contributed by atoms with Crippen LogP contribution in [-0.4, -0.2) is 24.4 Å². The molecule has 2 heterocycles. The number of aromatic nitrogens is 1. The predicted molar refractivity (Wildman–Crippen MR) is 78.4 cm³/mol. The van der Waals surface area contributed by atoms with Crippen molar-refractivity contribution in [2.45, 2.75) is 38.1 Å². The van der Waals surface area contributed by atoms with E-state index >= 15 is 0 Å². The molecule has 0 radical (unpaired) electrons. The average Bonchev–Trinajstić information content (AvgIpc) is 2.79. The van der Waals surface area contributed by atoms with Crippen LogP contribution in [0.4, 0.5) is 0 Å². The van der Waals surface area contributed by atoms with Gasteiger partial charge in [-0.15, -0.1) is 0 Å². The van der Waals surface area contributed by atoms with Crippen molar-refractivity contribution < 1.29 is 12.9 Å². The number of benzene rings is 1. The van der Waals surface area contributed by atoms with Crippen LogP contribution >= 0.6 is 0 Å². The van der Waals surface area contributed by atoms with Crippen LogP contribution in [0.15, 0.2) is 33.7 Å². The summed E-state index contributed by atoms with van der Waals surface area (Å²) in [7, 11) is -3.59. The summed E-state index contributed by atoms with van der Waals surface area (Å²) in [4.78, 5) is 0.203. The van der Waals surface area contributed by atoms with Gasteiger partial charge in [-0.3, -0.25) is 0 Å². The molecule has 1 unspecified atom stereocenters. The molecule has 1 atom stereocenters. The third-order valence-corrected chi connectivity index (χ3v) is 6.29. The molecule has 0 saturated heterocycles. The third-order valence-electron chi connectivity index (χ3n) is 4.07. The molecule has 5 nitrogen and oxygen atoms in total. The molecular formula is C15H18N2O3S. The van der Waals surface area contributed by atoms with E-state index in [1.807, 2.05) is 25.1 Å². The van der Waals surface area contributed by atoms with E-state index in [1.165, 1.54) is 5.56 Å². The first-order valence-corrected chi connectivity index (χ1v) is 8.39. The zero-order chi connectivity index (χ0) is 15.2. The molecule has 2 aromatic rings. The molecular weight excluding hydrogens is 288 g/mol. The van der Waals surface area contributed by atoms with Crippen LogP contribution < -0.4 is 0 Å². The van der Waals surface area contributed by atoms with E-state index in [-0.39, 0.29) is 10.9 Å². The quantitative estimate of drug-likeness (QED) is 0.855. The van der Waals surface area contributed by atoms with Crippen molar-refractivity contribution in [2.24, 2.45) is 0 Å². The van der Waals surface area contributed by atoms with Crippen molar-refractivity contribution in [1.82, 2.24) is 9.46 Å². The average molecular weight is 306 g/mol. The number of rotatable bonds is 2. The molecule has 0 spiro atoms. The number of aryl methyl sites for hydroxylation is 2. The minimum absolute atomic E-state index is 0.186. The van der Waals surface area contributed by atoms with Crippen molar-refractivity contribution in [3.8, 4) is 0 Å². The molecule has 3 rings (SSSR count). The summed E-state index contributed by atoms with van der Waals surface area (Å²) in [5, 5.41) is 3.77. The summed E-state index contributed by atoms with van der Waals surface area (Å²) in [5.41, 5.74) is 2.70. The molecule has 1 aliphatic rings. The van der Waals surface area contributed by atoms with Gasteiger partial charge in [0.15, 0.2) is 5.76 Å². The Hall–Kier alpha value is -1.66. The van der Waals surface area contributed by atoms with Gasteiger partial charge in [0.25, 0.3) is 0 Å². The first-order valence-electron chi connectivity index (χ1n) is 6.95. The molecule has 1 aromatic heterocycles. The fraction of sp³-hybridized carbons (Fsp3) is 0.400. The van der Waals surface area contributed by atoms with Crippen molar-refractivity contribution in [1.29, 1.82) is 0 Å². The van der Waals surface area contributed by atoms with Crippen LogP contribution in [0.3, 0.4) is 0 Å². The van der Waals surface area contributed by atoms with Crippen LogP contribution in [-0.2, 0) is 16.4 Å². The number of fused-ring (bicyclic) bond motifs is 1. The van der Waals surface area contributed by atoms with Crippen molar-refractivity contribution >= 4 is 10.0 Å². The highest BCUT2D eigenvalue weighted by molar-refractivity contribution is 7.89. The number of hydrogen-bond acceptors (Lipinski definition) is 4.